The Kier molecular flexibility index (Phi) is 4.25. The third-order valence-electron chi connectivity index (χ3n) is 6.52. The first-order valence-corrected chi connectivity index (χ1v) is 10.8. The summed E-state index contributed by atoms with van der Waals surface area (Å²) < 4.78 is 0. The summed E-state index contributed by atoms with van der Waals surface area (Å²) >= 11 is 0. The van der Waals surface area contributed by atoms with Crippen molar-refractivity contribution >= 4 is 12.2 Å². The average Bonchev–Trinajstić information content (AvgIpc) is 3.46. The van der Waals surface area contributed by atoms with E-state index in [2.05, 4.69) is 134 Å². The maximum absolute atomic E-state index is 2.37. The Hall–Kier alpha value is -3.64. The van der Waals surface area contributed by atoms with Crippen molar-refractivity contribution in [1.82, 2.24) is 0 Å². The first-order valence-electron chi connectivity index (χ1n) is 10.8. The van der Waals surface area contributed by atoms with Crippen LogP contribution < -0.4 is 0 Å². The highest BCUT2D eigenvalue weighted by Gasteiger charge is 2.44. The lowest BCUT2D eigenvalue weighted by atomic mass is 9.63. The summed E-state index contributed by atoms with van der Waals surface area (Å²) in [5.74, 6) is 0. The van der Waals surface area contributed by atoms with Gasteiger partial charge >= 0.3 is 0 Å². The molecule has 0 fully saturated rings. The van der Waals surface area contributed by atoms with Gasteiger partial charge in [0.05, 0.1) is 5.41 Å². The van der Waals surface area contributed by atoms with Crippen molar-refractivity contribution in [2.24, 2.45) is 0 Å². The Morgan fingerprint density at radius 2 is 0.710 bits per heavy atom. The summed E-state index contributed by atoms with van der Waals surface area (Å²) in [6, 6.07) is 39.2. The lowest BCUT2D eigenvalue weighted by Crippen LogP contribution is -2.32. The molecule has 4 aromatic rings. The fraction of sp³-hybridized carbons (Fsp3) is 0.0323. The van der Waals surface area contributed by atoms with Crippen molar-refractivity contribution < 1.29 is 0 Å². The zero-order valence-corrected chi connectivity index (χ0v) is 17.2. The van der Waals surface area contributed by atoms with E-state index in [1.807, 2.05) is 0 Å². The van der Waals surface area contributed by atoms with E-state index in [9.17, 15) is 0 Å². The minimum atomic E-state index is -0.388. The molecule has 0 heteroatoms. The molecule has 0 aromatic heterocycles. The molecule has 0 aliphatic heterocycles. The molecule has 0 nitrogen and oxygen atoms in total. The van der Waals surface area contributed by atoms with Gasteiger partial charge in [0.2, 0.25) is 0 Å². The predicted molar refractivity (Wildman–Crippen MR) is 129 cm³/mol. The Bertz CT molecular complexity index is 1200. The molecule has 4 aromatic carbocycles. The third-order valence-corrected chi connectivity index (χ3v) is 6.52. The molecule has 0 amide bonds. The minimum absolute atomic E-state index is 0.388. The summed E-state index contributed by atoms with van der Waals surface area (Å²) in [7, 11) is 0. The number of rotatable bonds is 4. The maximum Gasteiger partial charge on any atom is 0.0640 e. The molecule has 0 spiro atoms. The molecule has 0 unspecified atom stereocenters. The topological polar surface area (TPSA) is 0 Å². The van der Waals surface area contributed by atoms with Crippen LogP contribution in [0.5, 0.6) is 0 Å². The molecule has 2 aliphatic carbocycles. The highest BCUT2D eigenvalue weighted by molar-refractivity contribution is 5.83. The molecule has 146 valence electrons. The van der Waals surface area contributed by atoms with Gasteiger partial charge in [-0.25, -0.2) is 0 Å². The van der Waals surface area contributed by atoms with E-state index in [-0.39, 0.29) is 5.41 Å². The number of allylic oxidation sites excluding steroid dienone is 2. The lowest BCUT2D eigenvalue weighted by molar-refractivity contribution is 0.739. The zero-order chi connectivity index (χ0) is 20.7. The molecular formula is C31H22. The first-order chi connectivity index (χ1) is 15.4. The van der Waals surface area contributed by atoms with Gasteiger partial charge in [0.25, 0.3) is 0 Å². The van der Waals surface area contributed by atoms with Crippen molar-refractivity contribution in [3.63, 3.8) is 0 Å². The van der Waals surface area contributed by atoms with E-state index in [1.54, 1.807) is 0 Å². The molecule has 0 saturated carbocycles. The third kappa shape index (κ3) is 2.83. The SMILES string of the molecule is [CH]1C(C(C2=Cc3ccccc3[CH]2)(c2ccccc2)c2ccccc2)=Cc2ccccc21. The highest BCUT2D eigenvalue weighted by atomic mass is 14.5. The van der Waals surface area contributed by atoms with Crippen LogP contribution in [0.15, 0.2) is 120 Å². The molecule has 6 rings (SSSR count). The minimum Gasteiger partial charge on any atom is -0.0622 e. The van der Waals surface area contributed by atoms with Gasteiger partial charge in [-0.15, -0.1) is 0 Å². The van der Waals surface area contributed by atoms with Crippen LogP contribution in [0.3, 0.4) is 0 Å². The van der Waals surface area contributed by atoms with Gasteiger partial charge in [-0.05, 0) is 44.5 Å². The summed E-state index contributed by atoms with van der Waals surface area (Å²) in [6.07, 6.45) is 9.47. The molecule has 2 aliphatic rings. The molecule has 0 bridgehead atoms. The van der Waals surface area contributed by atoms with Crippen molar-refractivity contribution in [1.29, 1.82) is 0 Å². The van der Waals surface area contributed by atoms with Crippen molar-refractivity contribution in [2.75, 3.05) is 0 Å². The van der Waals surface area contributed by atoms with Crippen LogP contribution >= 0.6 is 0 Å². The quantitative estimate of drug-likeness (QED) is 0.341. The first kappa shape index (κ1) is 18.2. The van der Waals surface area contributed by atoms with E-state index in [0.29, 0.717) is 0 Å². The van der Waals surface area contributed by atoms with E-state index < -0.39 is 0 Å². The van der Waals surface area contributed by atoms with Crippen LogP contribution in [0, 0.1) is 12.8 Å². The highest BCUT2D eigenvalue weighted by Crippen LogP contribution is 2.53. The maximum atomic E-state index is 2.37. The molecule has 0 saturated heterocycles. The number of fused-ring (bicyclic) bond motifs is 2. The molecular weight excluding hydrogens is 372 g/mol. The van der Waals surface area contributed by atoms with Gasteiger partial charge in [0.1, 0.15) is 0 Å². The van der Waals surface area contributed by atoms with Crippen LogP contribution in [-0.2, 0) is 5.41 Å². The molecule has 0 atom stereocenters. The van der Waals surface area contributed by atoms with Crippen LogP contribution in [0.4, 0.5) is 0 Å². The summed E-state index contributed by atoms with van der Waals surface area (Å²) in [6.45, 7) is 0. The van der Waals surface area contributed by atoms with Crippen LogP contribution in [0.25, 0.3) is 12.2 Å². The summed E-state index contributed by atoms with van der Waals surface area (Å²) in [4.78, 5) is 0. The monoisotopic (exact) mass is 394 g/mol. The largest absolute Gasteiger partial charge is 0.0640 e. The van der Waals surface area contributed by atoms with Crippen molar-refractivity contribution in [3.05, 3.63) is 167 Å². The summed E-state index contributed by atoms with van der Waals surface area (Å²) in [5, 5.41) is 0. The predicted octanol–water partition coefficient (Wildman–Crippen LogP) is 7.27. The second-order valence-corrected chi connectivity index (χ2v) is 8.23. The average molecular weight is 395 g/mol. The Morgan fingerprint density at radius 3 is 1.10 bits per heavy atom. The van der Waals surface area contributed by atoms with E-state index in [4.69, 9.17) is 0 Å². The van der Waals surface area contributed by atoms with Gasteiger partial charge in [-0.1, -0.05) is 121 Å². The standard InChI is InChI=1S/C31H22/c1-3-15-27(16-4-1)31(28-17-5-2-6-18-28,29-19-23-11-7-8-12-24(23)20-29)30-21-25-13-9-10-14-26(25)22-30/h1-22H. The summed E-state index contributed by atoms with van der Waals surface area (Å²) in [5.41, 5.74) is 9.92. The Morgan fingerprint density at radius 1 is 0.355 bits per heavy atom. The van der Waals surface area contributed by atoms with Crippen LogP contribution in [0.1, 0.15) is 33.4 Å². The fourth-order valence-corrected chi connectivity index (χ4v) is 5.11. The van der Waals surface area contributed by atoms with E-state index >= 15 is 0 Å². The molecule has 0 N–H and O–H groups in total. The molecule has 31 heavy (non-hydrogen) atoms. The molecule has 0 heterocycles. The number of hydrogen-bond donors (Lipinski definition) is 0. The van der Waals surface area contributed by atoms with Crippen molar-refractivity contribution in [2.45, 2.75) is 5.41 Å². The normalized spacial score (nSPS) is 14.6. The smallest absolute Gasteiger partial charge is 0.0622 e. The molecule has 2 radical (unpaired) electrons. The van der Waals surface area contributed by atoms with E-state index in [1.165, 1.54) is 44.5 Å². The second-order valence-electron chi connectivity index (χ2n) is 8.23. The zero-order valence-electron chi connectivity index (χ0n) is 17.2. The Labute approximate surface area is 184 Å². The lowest BCUT2D eigenvalue weighted by Gasteiger charge is -2.38. The van der Waals surface area contributed by atoms with Gasteiger partial charge in [0, 0.05) is 12.8 Å². The van der Waals surface area contributed by atoms with Gasteiger partial charge < -0.3 is 0 Å². The second kappa shape index (κ2) is 7.25. The van der Waals surface area contributed by atoms with Crippen molar-refractivity contribution in [3.8, 4) is 0 Å². The number of hydrogen-bond acceptors (Lipinski definition) is 0. The van der Waals surface area contributed by atoms with Gasteiger partial charge in [-0.3, -0.25) is 0 Å². The van der Waals surface area contributed by atoms with Gasteiger partial charge in [-0.2, -0.15) is 0 Å². The fourth-order valence-electron chi connectivity index (χ4n) is 5.11. The van der Waals surface area contributed by atoms with Crippen LogP contribution in [-0.4, -0.2) is 0 Å². The van der Waals surface area contributed by atoms with E-state index in [0.717, 1.165) is 0 Å². The Balaban J connectivity index is 1.65. The van der Waals surface area contributed by atoms with Crippen LogP contribution in [0.2, 0.25) is 0 Å². The van der Waals surface area contributed by atoms with Gasteiger partial charge in [0.15, 0.2) is 0 Å². The number of benzene rings is 4.